The molecular weight excluding hydrogens is 386 g/mol. The number of carbonyl (C=O) groups is 1. The molecule has 0 aliphatic carbocycles. The third-order valence-electron chi connectivity index (χ3n) is 5.25. The van der Waals surface area contributed by atoms with E-state index in [1.54, 1.807) is 25.1 Å². The van der Waals surface area contributed by atoms with Gasteiger partial charge < -0.3 is 10.2 Å². The third kappa shape index (κ3) is 5.65. The van der Waals surface area contributed by atoms with Crippen LogP contribution in [0.25, 0.3) is 0 Å². The highest BCUT2D eigenvalue weighted by Gasteiger charge is 2.27. The zero-order valence-electron chi connectivity index (χ0n) is 16.9. The summed E-state index contributed by atoms with van der Waals surface area (Å²) in [4.78, 5) is 14.7. The van der Waals surface area contributed by atoms with Crippen molar-refractivity contribution < 1.29 is 13.2 Å². The molecule has 2 aromatic carbocycles. The highest BCUT2D eigenvalue weighted by atomic mass is 32.2. The van der Waals surface area contributed by atoms with Crippen molar-refractivity contribution in [2.24, 2.45) is 0 Å². The van der Waals surface area contributed by atoms with Crippen molar-refractivity contribution in [3.8, 4) is 0 Å². The van der Waals surface area contributed by atoms with Gasteiger partial charge in [0.2, 0.25) is 15.9 Å². The molecule has 0 saturated carbocycles. The number of amides is 1. The van der Waals surface area contributed by atoms with E-state index in [0.717, 1.165) is 18.7 Å². The first-order chi connectivity index (χ1) is 14.0. The SMILES string of the molecule is Cc1ccccc1S(=O)(=O)N(CCC(=O)N1CCNCC1)CCc1ccccc1. The molecule has 156 valence electrons. The van der Waals surface area contributed by atoms with Crippen LogP contribution < -0.4 is 5.32 Å². The Balaban J connectivity index is 1.75. The number of rotatable bonds is 8. The molecule has 1 amide bonds. The molecule has 0 radical (unpaired) electrons. The second kappa shape index (κ2) is 10.0. The predicted molar refractivity (Wildman–Crippen MR) is 114 cm³/mol. The van der Waals surface area contributed by atoms with Gasteiger partial charge in [0.05, 0.1) is 4.90 Å². The average molecular weight is 416 g/mol. The maximum atomic E-state index is 13.4. The highest BCUT2D eigenvalue weighted by molar-refractivity contribution is 7.89. The number of benzene rings is 2. The number of piperazine rings is 1. The smallest absolute Gasteiger partial charge is 0.243 e. The first kappa shape index (κ1) is 21.5. The fraction of sp³-hybridized carbons (Fsp3) is 0.409. The van der Waals surface area contributed by atoms with Gasteiger partial charge in [-0.2, -0.15) is 4.31 Å². The zero-order chi connectivity index (χ0) is 20.7. The Morgan fingerprint density at radius 3 is 2.34 bits per heavy atom. The molecule has 1 N–H and O–H groups in total. The van der Waals surface area contributed by atoms with Crippen molar-refractivity contribution in [2.45, 2.75) is 24.7 Å². The molecule has 1 fully saturated rings. The first-order valence-corrected chi connectivity index (χ1v) is 11.5. The fourth-order valence-electron chi connectivity index (χ4n) is 3.53. The van der Waals surface area contributed by atoms with Gasteiger partial charge in [-0.1, -0.05) is 48.5 Å². The van der Waals surface area contributed by atoms with Gasteiger partial charge in [-0.25, -0.2) is 8.42 Å². The van der Waals surface area contributed by atoms with Crippen LogP contribution in [0, 0.1) is 6.92 Å². The Hall–Kier alpha value is -2.22. The maximum absolute atomic E-state index is 13.4. The lowest BCUT2D eigenvalue weighted by molar-refractivity contribution is -0.131. The number of nitrogens with zero attached hydrogens (tertiary/aromatic N) is 2. The summed E-state index contributed by atoms with van der Waals surface area (Å²) in [6.45, 7) is 5.24. The Kier molecular flexibility index (Phi) is 7.41. The van der Waals surface area contributed by atoms with Gasteiger partial charge in [0, 0.05) is 45.7 Å². The molecule has 0 bridgehead atoms. The molecule has 0 aromatic heterocycles. The predicted octanol–water partition coefficient (Wildman–Crippen LogP) is 2.05. The van der Waals surface area contributed by atoms with Crippen LogP contribution in [0.4, 0.5) is 0 Å². The van der Waals surface area contributed by atoms with Crippen molar-refractivity contribution in [2.75, 3.05) is 39.3 Å². The number of carbonyl (C=O) groups excluding carboxylic acids is 1. The molecule has 1 heterocycles. The van der Waals surface area contributed by atoms with E-state index >= 15 is 0 Å². The van der Waals surface area contributed by atoms with Crippen molar-refractivity contribution in [3.05, 3.63) is 65.7 Å². The molecule has 1 aliphatic heterocycles. The van der Waals surface area contributed by atoms with Crippen LogP contribution in [0.2, 0.25) is 0 Å². The van der Waals surface area contributed by atoms with Crippen molar-refractivity contribution >= 4 is 15.9 Å². The van der Waals surface area contributed by atoms with Gasteiger partial charge in [-0.15, -0.1) is 0 Å². The van der Waals surface area contributed by atoms with Crippen molar-refractivity contribution in [1.82, 2.24) is 14.5 Å². The van der Waals surface area contributed by atoms with Gasteiger partial charge in [0.15, 0.2) is 0 Å². The largest absolute Gasteiger partial charge is 0.340 e. The van der Waals surface area contributed by atoms with Gasteiger partial charge in [0.25, 0.3) is 0 Å². The third-order valence-corrected chi connectivity index (χ3v) is 7.31. The Morgan fingerprint density at radius 1 is 1.00 bits per heavy atom. The van der Waals surface area contributed by atoms with E-state index in [4.69, 9.17) is 0 Å². The number of aryl methyl sites for hydroxylation is 1. The molecule has 1 saturated heterocycles. The molecule has 7 heteroatoms. The topological polar surface area (TPSA) is 69.7 Å². The number of sulfonamides is 1. The lowest BCUT2D eigenvalue weighted by Gasteiger charge is -2.29. The number of nitrogens with one attached hydrogen (secondary N) is 1. The minimum Gasteiger partial charge on any atom is -0.340 e. The number of hydrogen-bond donors (Lipinski definition) is 1. The molecule has 0 spiro atoms. The van der Waals surface area contributed by atoms with E-state index in [1.807, 2.05) is 41.3 Å². The van der Waals surface area contributed by atoms with Crippen LogP contribution in [0.5, 0.6) is 0 Å². The van der Waals surface area contributed by atoms with Crippen molar-refractivity contribution in [1.29, 1.82) is 0 Å². The monoisotopic (exact) mass is 415 g/mol. The zero-order valence-corrected chi connectivity index (χ0v) is 17.7. The second-order valence-electron chi connectivity index (χ2n) is 7.29. The quantitative estimate of drug-likeness (QED) is 0.716. The summed E-state index contributed by atoms with van der Waals surface area (Å²) < 4.78 is 28.2. The van der Waals surface area contributed by atoms with Gasteiger partial charge in [-0.3, -0.25) is 4.79 Å². The van der Waals surface area contributed by atoms with Gasteiger partial charge in [-0.05, 0) is 30.5 Å². The van der Waals surface area contributed by atoms with Crippen LogP contribution in [-0.2, 0) is 21.2 Å². The second-order valence-corrected chi connectivity index (χ2v) is 9.19. The molecule has 1 aliphatic rings. The Morgan fingerprint density at radius 2 is 1.66 bits per heavy atom. The Labute approximate surface area is 173 Å². The molecule has 0 unspecified atom stereocenters. The summed E-state index contributed by atoms with van der Waals surface area (Å²) >= 11 is 0. The first-order valence-electron chi connectivity index (χ1n) is 10.1. The summed E-state index contributed by atoms with van der Waals surface area (Å²) in [7, 11) is -3.68. The molecule has 0 atom stereocenters. The van der Waals surface area contributed by atoms with Gasteiger partial charge >= 0.3 is 0 Å². The van der Waals surface area contributed by atoms with Crippen LogP contribution in [0.1, 0.15) is 17.5 Å². The van der Waals surface area contributed by atoms with Crippen LogP contribution in [0.3, 0.4) is 0 Å². The molecule has 29 heavy (non-hydrogen) atoms. The average Bonchev–Trinajstić information content (AvgIpc) is 2.75. The summed E-state index contributed by atoms with van der Waals surface area (Å²) in [5.41, 5.74) is 1.79. The lowest BCUT2D eigenvalue weighted by Crippen LogP contribution is -2.47. The summed E-state index contributed by atoms with van der Waals surface area (Å²) in [6, 6.07) is 16.8. The van der Waals surface area contributed by atoms with E-state index < -0.39 is 10.0 Å². The van der Waals surface area contributed by atoms with E-state index in [9.17, 15) is 13.2 Å². The fourth-order valence-corrected chi connectivity index (χ4v) is 5.20. The van der Waals surface area contributed by atoms with Crippen LogP contribution in [-0.4, -0.2) is 62.8 Å². The standard InChI is InChI=1S/C22H29N3O3S/c1-19-7-5-6-10-21(19)29(27,28)25(15-11-20-8-3-2-4-9-20)16-12-22(26)24-17-13-23-14-18-24/h2-10,23H,11-18H2,1H3. The summed E-state index contributed by atoms with van der Waals surface area (Å²) in [5.74, 6) is 0.0104. The van der Waals surface area contributed by atoms with Crippen LogP contribution in [0.15, 0.2) is 59.5 Å². The van der Waals surface area contributed by atoms with Gasteiger partial charge in [0.1, 0.15) is 0 Å². The van der Waals surface area contributed by atoms with Crippen LogP contribution >= 0.6 is 0 Å². The van der Waals surface area contributed by atoms with Crippen molar-refractivity contribution in [3.63, 3.8) is 0 Å². The molecule has 2 aromatic rings. The van der Waals surface area contributed by atoms with E-state index in [-0.39, 0.29) is 18.9 Å². The maximum Gasteiger partial charge on any atom is 0.243 e. The normalized spacial score (nSPS) is 14.9. The highest BCUT2D eigenvalue weighted by Crippen LogP contribution is 2.20. The summed E-state index contributed by atoms with van der Waals surface area (Å²) in [5, 5.41) is 3.22. The minimum absolute atomic E-state index is 0.0104. The van der Waals surface area contributed by atoms with E-state index in [0.29, 0.717) is 36.5 Å². The molecule has 6 nitrogen and oxygen atoms in total. The van der Waals surface area contributed by atoms with E-state index in [2.05, 4.69) is 5.32 Å². The minimum atomic E-state index is -3.68. The van der Waals surface area contributed by atoms with E-state index in [1.165, 1.54) is 4.31 Å². The molecular formula is C22H29N3O3S. The lowest BCUT2D eigenvalue weighted by atomic mass is 10.1. The number of hydrogen-bond acceptors (Lipinski definition) is 4. The Bertz CT molecular complexity index is 910. The molecule has 3 rings (SSSR count). The summed E-state index contributed by atoms with van der Waals surface area (Å²) in [6.07, 6.45) is 0.799.